The van der Waals surface area contributed by atoms with Gasteiger partial charge >= 0.3 is 0 Å². The van der Waals surface area contributed by atoms with Crippen molar-refractivity contribution in [3.05, 3.63) is 29.8 Å². The SMILES string of the molecule is COc1ccccc1CC(=O)N(C)CCO. The summed E-state index contributed by atoms with van der Waals surface area (Å²) in [7, 11) is 3.26. The first-order valence-electron chi connectivity index (χ1n) is 5.15. The van der Waals surface area contributed by atoms with Crippen molar-refractivity contribution in [3.63, 3.8) is 0 Å². The average molecular weight is 223 g/mol. The second-order valence-corrected chi connectivity index (χ2v) is 3.53. The molecule has 16 heavy (non-hydrogen) atoms. The fraction of sp³-hybridized carbons (Fsp3) is 0.417. The molecule has 4 nitrogen and oxygen atoms in total. The van der Waals surface area contributed by atoms with E-state index in [1.807, 2.05) is 24.3 Å². The van der Waals surface area contributed by atoms with E-state index in [2.05, 4.69) is 0 Å². The number of hydrogen-bond donors (Lipinski definition) is 1. The van der Waals surface area contributed by atoms with Crippen LogP contribution < -0.4 is 4.74 Å². The van der Waals surface area contributed by atoms with E-state index in [0.29, 0.717) is 18.7 Å². The van der Waals surface area contributed by atoms with E-state index in [0.717, 1.165) is 5.56 Å². The van der Waals surface area contributed by atoms with Gasteiger partial charge in [-0.2, -0.15) is 0 Å². The number of methoxy groups -OCH3 is 1. The van der Waals surface area contributed by atoms with Crippen LogP contribution in [0.4, 0.5) is 0 Å². The molecule has 0 saturated heterocycles. The molecule has 0 spiro atoms. The van der Waals surface area contributed by atoms with E-state index >= 15 is 0 Å². The molecule has 0 atom stereocenters. The van der Waals surface area contributed by atoms with Gasteiger partial charge in [-0.15, -0.1) is 0 Å². The molecule has 1 aromatic rings. The Labute approximate surface area is 95.5 Å². The number of nitrogens with zero attached hydrogens (tertiary/aromatic N) is 1. The molecule has 0 radical (unpaired) electrons. The van der Waals surface area contributed by atoms with Crippen molar-refractivity contribution < 1.29 is 14.6 Å². The predicted molar refractivity (Wildman–Crippen MR) is 61.4 cm³/mol. The first-order valence-corrected chi connectivity index (χ1v) is 5.15. The second-order valence-electron chi connectivity index (χ2n) is 3.53. The monoisotopic (exact) mass is 223 g/mol. The molecular weight excluding hydrogens is 206 g/mol. The first-order chi connectivity index (χ1) is 7.69. The highest BCUT2D eigenvalue weighted by molar-refractivity contribution is 5.79. The van der Waals surface area contributed by atoms with Gasteiger partial charge in [-0.1, -0.05) is 18.2 Å². The summed E-state index contributed by atoms with van der Waals surface area (Å²) < 4.78 is 5.17. The Bertz CT molecular complexity index is 352. The second kappa shape index (κ2) is 6.12. The van der Waals surface area contributed by atoms with Gasteiger partial charge < -0.3 is 14.7 Å². The maximum Gasteiger partial charge on any atom is 0.226 e. The predicted octanol–water partition coefficient (Wildman–Crippen LogP) is 0.688. The van der Waals surface area contributed by atoms with Gasteiger partial charge in [-0.3, -0.25) is 4.79 Å². The van der Waals surface area contributed by atoms with Crippen LogP contribution in [0, 0.1) is 0 Å². The Morgan fingerprint density at radius 2 is 2.12 bits per heavy atom. The zero-order valence-corrected chi connectivity index (χ0v) is 9.64. The van der Waals surface area contributed by atoms with Crippen molar-refractivity contribution in [2.75, 3.05) is 27.3 Å². The van der Waals surface area contributed by atoms with Crippen LogP contribution in [0.15, 0.2) is 24.3 Å². The van der Waals surface area contributed by atoms with E-state index in [9.17, 15) is 4.79 Å². The molecule has 4 heteroatoms. The molecule has 0 aliphatic heterocycles. The minimum absolute atomic E-state index is 0.0197. The third-order valence-corrected chi connectivity index (χ3v) is 2.40. The summed E-state index contributed by atoms with van der Waals surface area (Å²) in [6.07, 6.45) is 0.292. The summed E-state index contributed by atoms with van der Waals surface area (Å²) in [5.41, 5.74) is 0.861. The molecule has 0 unspecified atom stereocenters. The van der Waals surface area contributed by atoms with E-state index in [-0.39, 0.29) is 12.5 Å². The Morgan fingerprint density at radius 1 is 1.44 bits per heavy atom. The van der Waals surface area contributed by atoms with Crippen LogP contribution in [0.3, 0.4) is 0 Å². The number of aliphatic hydroxyl groups excluding tert-OH is 1. The minimum atomic E-state index is -0.0291. The average Bonchev–Trinajstić information content (AvgIpc) is 2.30. The third kappa shape index (κ3) is 3.24. The highest BCUT2D eigenvalue weighted by atomic mass is 16.5. The lowest BCUT2D eigenvalue weighted by atomic mass is 10.1. The summed E-state index contributed by atoms with van der Waals surface area (Å²) in [5, 5.41) is 8.73. The molecule has 88 valence electrons. The molecule has 0 aliphatic carbocycles. The zero-order valence-electron chi connectivity index (χ0n) is 9.64. The highest BCUT2D eigenvalue weighted by Crippen LogP contribution is 2.18. The maximum atomic E-state index is 11.7. The van der Waals surface area contributed by atoms with E-state index in [4.69, 9.17) is 9.84 Å². The quantitative estimate of drug-likeness (QED) is 0.799. The molecule has 0 saturated carbocycles. The van der Waals surface area contributed by atoms with Crippen molar-refractivity contribution >= 4 is 5.91 Å². The lowest BCUT2D eigenvalue weighted by Crippen LogP contribution is -2.30. The van der Waals surface area contributed by atoms with Crippen LogP contribution in [0.1, 0.15) is 5.56 Å². The molecular formula is C12H17NO3. The van der Waals surface area contributed by atoms with E-state index in [1.165, 1.54) is 4.90 Å². The van der Waals surface area contributed by atoms with Gasteiger partial charge in [0.05, 0.1) is 20.1 Å². The Hall–Kier alpha value is -1.55. The molecule has 1 N–H and O–H groups in total. The van der Waals surface area contributed by atoms with Crippen LogP contribution in [0.5, 0.6) is 5.75 Å². The zero-order chi connectivity index (χ0) is 12.0. The number of carbonyl (C=O) groups excluding carboxylic acids is 1. The van der Waals surface area contributed by atoms with Crippen LogP contribution in [-0.2, 0) is 11.2 Å². The largest absolute Gasteiger partial charge is 0.496 e. The van der Waals surface area contributed by atoms with Crippen molar-refractivity contribution in [1.29, 1.82) is 0 Å². The van der Waals surface area contributed by atoms with Gasteiger partial charge in [0.25, 0.3) is 0 Å². The minimum Gasteiger partial charge on any atom is -0.496 e. The molecule has 0 bridgehead atoms. The Balaban J connectivity index is 2.69. The standard InChI is InChI=1S/C12H17NO3/c1-13(7-8-14)12(15)9-10-5-3-4-6-11(10)16-2/h3-6,14H,7-9H2,1-2H3. The Morgan fingerprint density at radius 3 is 2.75 bits per heavy atom. The Kier molecular flexibility index (Phi) is 4.79. The number of benzene rings is 1. The highest BCUT2D eigenvalue weighted by Gasteiger charge is 2.11. The van der Waals surface area contributed by atoms with E-state index < -0.39 is 0 Å². The van der Waals surface area contributed by atoms with Gasteiger partial charge in [0, 0.05) is 19.2 Å². The number of aliphatic hydroxyl groups is 1. The number of amides is 1. The van der Waals surface area contributed by atoms with Crippen LogP contribution in [0.25, 0.3) is 0 Å². The summed E-state index contributed by atoms with van der Waals surface area (Å²) in [6.45, 7) is 0.335. The summed E-state index contributed by atoms with van der Waals surface area (Å²) in [5.74, 6) is 0.687. The van der Waals surface area contributed by atoms with Gasteiger partial charge in [0.1, 0.15) is 5.75 Å². The molecule has 1 rings (SSSR count). The van der Waals surface area contributed by atoms with Crippen molar-refractivity contribution in [3.8, 4) is 5.75 Å². The third-order valence-electron chi connectivity index (χ3n) is 2.40. The molecule has 1 aromatic carbocycles. The van der Waals surface area contributed by atoms with Crippen molar-refractivity contribution in [2.24, 2.45) is 0 Å². The maximum absolute atomic E-state index is 11.7. The van der Waals surface area contributed by atoms with Crippen molar-refractivity contribution in [2.45, 2.75) is 6.42 Å². The van der Waals surface area contributed by atoms with Gasteiger partial charge in [0.2, 0.25) is 5.91 Å². The van der Waals surface area contributed by atoms with Gasteiger partial charge in [0.15, 0.2) is 0 Å². The first kappa shape index (κ1) is 12.5. The number of likely N-dealkylation sites (N-methyl/N-ethyl adjacent to an activating group) is 1. The summed E-state index contributed by atoms with van der Waals surface area (Å²) in [6, 6.07) is 7.43. The van der Waals surface area contributed by atoms with E-state index in [1.54, 1.807) is 14.2 Å². The summed E-state index contributed by atoms with van der Waals surface area (Å²) >= 11 is 0. The molecule has 0 heterocycles. The lowest BCUT2D eigenvalue weighted by Gasteiger charge is -2.16. The van der Waals surface area contributed by atoms with Crippen molar-refractivity contribution in [1.82, 2.24) is 4.90 Å². The molecule has 0 aliphatic rings. The number of carbonyl (C=O) groups is 1. The molecule has 0 fully saturated rings. The van der Waals surface area contributed by atoms with Crippen LogP contribution >= 0.6 is 0 Å². The molecule has 0 aromatic heterocycles. The van der Waals surface area contributed by atoms with Gasteiger partial charge in [-0.05, 0) is 6.07 Å². The lowest BCUT2D eigenvalue weighted by molar-refractivity contribution is -0.129. The van der Waals surface area contributed by atoms with Crippen LogP contribution in [0.2, 0.25) is 0 Å². The number of hydrogen-bond acceptors (Lipinski definition) is 3. The number of ether oxygens (including phenoxy) is 1. The number of para-hydroxylation sites is 1. The topological polar surface area (TPSA) is 49.8 Å². The fourth-order valence-electron chi connectivity index (χ4n) is 1.42. The normalized spacial score (nSPS) is 9.94. The van der Waals surface area contributed by atoms with Gasteiger partial charge in [-0.25, -0.2) is 0 Å². The number of rotatable bonds is 5. The fourth-order valence-corrected chi connectivity index (χ4v) is 1.42. The van der Waals surface area contributed by atoms with Crippen LogP contribution in [-0.4, -0.2) is 43.2 Å². The summed E-state index contributed by atoms with van der Waals surface area (Å²) in [4.78, 5) is 13.2. The molecule has 1 amide bonds. The smallest absolute Gasteiger partial charge is 0.226 e.